The normalized spacial score (nSPS) is 11.5. The Kier molecular flexibility index (Phi) is 4.72. The van der Waals surface area contributed by atoms with Gasteiger partial charge in [-0.2, -0.15) is 0 Å². The van der Waals surface area contributed by atoms with Gasteiger partial charge in [0.05, 0.1) is 10.5 Å². The SMILES string of the molecule is CCCNS(=O)(=O)c1cc(Cl)cc(C(=O)O)c1C. The fraction of sp³-hybridized carbons (Fsp3) is 0.364. The van der Waals surface area contributed by atoms with E-state index in [1.54, 1.807) is 0 Å². The van der Waals surface area contributed by atoms with Crippen LogP contribution in [0.2, 0.25) is 5.02 Å². The Balaban J connectivity index is 3.37. The molecule has 5 nitrogen and oxygen atoms in total. The molecule has 0 aliphatic carbocycles. The molecule has 1 aromatic carbocycles. The van der Waals surface area contributed by atoms with Gasteiger partial charge in [0.1, 0.15) is 0 Å². The summed E-state index contributed by atoms with van der Waals surface area (Å²) in [6.45, 7) is 3.56. The molecule has 7 heteroatoms. The molecule has 0 radical (unpaired) electrons. The van der Waals surface area contributed by atoms with Gasteiger partial charge < -0.3 is 5.11 Å². The van der Waals surface area contributed by atoms with E-state index in [4.69, 9.17) is 16.7 Å². The van der Waals surface area contributed by atoms with Crippen molar-refractivity contribution in [2.24, 2.45) is 0 Å². The topological polar surface area (TPSA) is 83.5 Å². The standard InChI is InChI=1S/C11H14ClNO4S/c1-3-4-13-18(16,17)10-6-8(12)5-9(7(10)2)11(14)15/h5-6,13H,3-4H2,1-2H3,(H,14,15). The highest BCUT2D eigenvalue weighted by molar-refractivity contribution is 7.89. The Labute approximate surface area is 111 Å². The smallest absolute Gasteiger partial charge is 0.336 e. The Hall–Kier alpha value is -1.11. The van der Waals surface area contributed by atoms with Gasteiger partial charge in [-0.25, -0.2) is 17.9 Å². The van der Waals surface area contributed by atoms with Crippen LogP contribution in [0.4, 0.5) is 0 Å². The predicted molar refractivity (Wildman–Crippen MR) is 68.6 cm³/mol. The number of carboxylic acid groups (broad SMARTS) is 1. The Morgan fingerprint density at radius 2 is 2.06 bits per heavy atom. The van der Waals surface area contributed by atoms with Crippen molar-refractivity contribution in [2.75, 3.05) is 6.54 Å². The first-order valence-corrected chi connectivity index (χ1v) is 7.18. The minimum absolute atomic E-state index is 0.0786. The molecule has 0 bridgehead atoms. The maximum absolute atomic E-state index is 12.0. The zero-order valence-corrected chi connectivity index (χ0v) is 11.6. The van der Waals surface area contributed by atoms with Crippen LogP contribution < -0.4 is 4.72 Å². The molecule has 0 fully saturated rings. The fourth-order valence-corrected chi connectivity index (χ4v) is 3.18. The molecule has 0 unspecified atom stereocenters. The fourth-order valence-electron chi connectivity index (χ4n) is 1.47. The number of rotatable bonds is 5. The third-order valence-electron chi connectivity index (χ3n) is 2.39. The minimum atomic E-state index is -3.73. The van der Waals surface area contributed by atoms with Crippen molar-refractivity contribution in [3.8, 4) is 0 Å². The summed E-state index contributed by atoms with van der Waals surface area (Å²) in [7, 11) is -3.73. The second-order valence-corrected chi connectivity index (χ2v) is 5.95. The second kappa shape index (κ2) is 5.69. The molecule has 0 aliphatic heterocycles. The molecule has 1 aromatic rings. The predicted octanol–water partition coefficient (Wildman–Crippen LogP) is 2.03. The largest absolute Gasteiger partial charge is 0.478 e. The molecule has 0 atom stereocenters. The second-order valence-electron chi connectivity index (χ2n) is 3.78. The van der Waals surface area contributed by atoms with Crippen LogP contribution in [-0.2, 0) is 10.0 Å². The summed E-state index contributed by atoms with van der Waals surface area (Å²) in [5, 5.41) is 9.06. The number of benzene rings is 1. The Morgan fingerprint density at radius 3 is 2.56 bits per heavy atom. The summed E-state index contributed by atoms with van der Waals surface area (Å²) in [5.41, 5.74) is 0.0647. The lowest BCUT2D eigenvalue weighted by molar-refractivity contribution is 0.0696. The van der Waals surface area contributed by atoms with Gasteiger partial charge in [-0.15, -0.1) is 0 Å². The van der Waals surface area contributed by atoms with Gasteiger partial charge >= 0.3 is 5.97 Å². The van der Waals surface area contributed by atoms with Crippen LogP contribution in [0.3, 0.4) is 0 Å². The van der Waals surface area contributed by atoms with Crippen LogP contribution in [0, 0.1) is 6.92 Å². The molecule has 0 heterocycles. The van der Waals surface area contributed by atoms with Crippen molar-refractivity contribution in [3.05, 3.63) is 28.3 Å². The molecule has 0 saturated heterocycles. The Morgan fingerprint density at radius 1 is 1.44 bits per heavy atom. The third kappa shape index (κ3) is 3.22. The first-order chi connectivity index (χ1) is 8.29. The summed E-state index contributed by atoms with van der Waals surface area (Å²) in [6, 6.07) is 2.49. The minimum Gasteiger partial charge on any atom is -0.478 e. The molecule has 0 amide bonds. The number of hydrogen-bond acceptors (Lipinski definition) is 3. The highest BCUT2D eigenvalue weighted by Crippen LogP contribution is 2.24. The average Bonchev–Trinajstić information content (AvgIpc) is 2.28. The van der Waals surface area contributed by atoms with E-state index in [9.17, 15) is 13.2 Å². The molecule has 2 N–H and O–H groups in total. The molecule has 100 valence electrons. The highest BCUT2D eigenvalue weighted by Gasteiger charge is 2.21. The van der Waals surface area contributed by atoms with Crippen molar-refractivity contribution < 1.29 is 18.3 Å². The van der Waals surface area contributed by atoms with E-state index >= 15 is 0 Å². The number of aromatic carboxylic acids is 1. The van der Waals surface area contributed by atoms with Crippen LogP contribution in [0.25, 0.3) is 0 Å². The van der Waals surface area contributed by atoms with Gasteiger partial charge in [-0.05, 0) is 31.0 Å². The van der Waals surface area contributed by atoms with Gasteiger partial charge in [0.2, 0.25) is 10.0 Å². The highest BCUT2D eigenvalue weighted by atomic mass is 35.5. The lowest BCUT2D eigenvalue weighted by Crippen LogP contribution is -2.25. The van der Waals surface area contributed by atoms with Crippen LogP contribution in [0.15, 0.2) is 17.0 Å². The van der Waals surface area contributed by atoms with Crippen LogP contribution in [0.1, 0.15) is 29.3 Å². The monoisotopic (exact) mass is 291 g/mol. The summed E-state index contributed by atoms with van der Waals surface area (Å²) in [4.78, 5) is 10.9. The molecular weight excluding hydrogens is 278 g/mol. The quantitative estimate of drug-likeness (QED) is 0.869. The van der Waals surface area contributed by atoms with Gasteiger partial charge in [0.15, 0.2) is 0 Å². The number of hydrogen-bond donors (Lipinski definition) is 2. The first-order valence-electron chi connectivity index (χ1n) is 5.32. The third-order valence-corrected chi connectivity index (χ3v) is 4.19. The van der Waals surface area contributed by atoms with Crippen molar-refractivity contribution in [1.29, 1.82) is 0 Å². The lowest BCUT2D eigenvalue weighted by Gasteiger charge is -2.11. The van der Waals surface area contributed by atoms with Gasteiger partial charge in [-0.1, -0.05) is 18.5 Å². The maximum atomic E-state index is 12.0. The van der Waals surface area contributed by atoms with E-state index in [1.165, 1.54) is 19.1 Å². The number of sulfonamides is 1. The number of carbonyl (C=O) groups is 1. The maximum Gasteiger partial charge on any atom is 0.336 e. The van der Waals surface area contributed by atoms with Gasteiger partial charge in [-0.3, -0.25) is 0 Å². The zero-order chi connectivity index (χ0) is 13.9. The molecule has 0 aliphatic rings. The van der Waals surface area contributed by atoms with E-state index in [-0.39, 0.29) is 27.6 Å². The summed E-state index contributed by atoms with van der Waals surface area (Å²) >= 11 is 5.75. The van der Waals surface area contributed by atoms with Gasteiger partial charge in [0, 0.05) is 11.6 Å². The lowest BCUT2D eigenvalue weighted by atomic mass is 10.1. The van der Waals surface area contributed by atoms with Crippen molar-refractivity contribution in [3.63, 3.8) is 0 Å². The summed E-state index contributed by atoms with van der Waals surface area (Å²) in [6.07, 6.45) is 0.643. The van der Waals surface area contributed by atoms with Crippen molar-refractivity contribution in [1.82, 2.24) is 4.72 Å². The number of halogens is 1. The molecular formula is C11H14ClNO4S. The first kappa shape index (κ1) is 14.9. The summed E-state index contributed by atoms with van der Waals surface area (Å²) < 4.78 is 26.3. The van der Waals surface area contributed by atoms with Crippen LogP contribution in [-0.4, -0.2) is 26.0 Å². The molecule has 1 rings (SSSR count). The zero-order valence-electron chi connectivity index (χ0n) is 10.0. The molecule has 18 heavy (non-hydrogen) atoms. The molecule has 0 saturated carbocycles. The van der Waals surface area contributed by atoms with Gasteiger partial charge in [0.25, 0.3) is 0 Å². The van der Waals surface area contributed by atoms with E-state index in [2.05, 4.69) is 4.72 Å². The summed E-state index contributed by atoms with van der Waals surface area (Å²) in [5.74, 6) is -1.21. The van der Waals surface area contributed by atoms with E-state index in [0.717, 1.165) is 0 Å². The van der Waals surface area contributed by atoms with E-state index in [0.29, 0.717) is 6.42 Å². The number of nitrogens with one attached hydrogen (secondary N) is 1. The van der Waals surface area contributed by atoms with Crippen molar-refractivity contribution >= 4 is 27.6 Å². The van der Waals surface area contributed by atoms with E-state index in [1.807, 2.05) is 6.92 Å². The van der Waals surface area contributed by atoms with Crippen LogP contribution >= 0.6 is 11.6 Å². The Bertz CT molecular complexity index is 569. The molecule has 0 aromatic heterocycles. The van der Waals surface area contributed by atoms with Crippen molar-refractivity contribution in [2.45, 2.75) is 25.2 Å². The van der Waals surface area contributed by atoms with E-state index < -0.39 is 16.0 Å². The average molecular weight is 292 g/mol. The molecule has 0 spiro atoms. The number of carboxylic acids is 1. The van der Waals surface area contributed by atoms with Crippen LogP contribution in [0.5, 0.6) is 0 Å².